The minimum atomic E-state index is -1.25. The van der Waals surface area contributed by atoms with Gasteiger partial charge >= 0.3 is 11.9 Å². The Morgan fingerprint density at radius 1 is 1.12 bits per heavy atom. The molecule has 0 saturated carbocycles. The monoisotopic (exact) mass is 434 g/mol. The number of quaternary nitrogens is 2. The van der Waals surface area contributed by atoms with E-state index in [0.29, 0.717) is 29.7 Å². The van der Waals surface area contributed by atoms with Crippen molar-refractivity contribution in [2.75, 3.05) is 26.7 Å². The highest BCUT2D eigenvalue weighted by molar-refractivity contribution is 5.98. The van der Waals surface area contributed by atoms with Crippen LogP contribution in [-0.2, 0) is 20.7 Å². The lowest BCUT2D eigenvalue weighted by Crippen LogP contribution is -2.76. The van der Waals surface area contributed by atoms with Gasteiger partial charge in [0.1, 0.15) is 5.69 Å². The van der Waals surface area contributed by atoms with E-state index in [2.05, 4.69) is 12.1 Å². The zero-order valence-corrected chi connectivity index (χ0v) is 19.4. The molecule has 4 radical (unpaired) electrons. The number of piperidine rings is 1. The second kappa shape index (κ2) is 9.55. The van der Waals surface area contributed by atoms with Crippen molar-refractivity contribution in [2.24, 2.45) is 5.92 Å². The summed E-state index contributed by atoms with van der Waals surface area (Å²) in [4.78, 5) is 26.8. The summed E-state index contributed by atoms with van der Waals surface area (Å²) in [6, 6.07) is 19.4. The number of amides is 1. The summed E-state index contributed by atoms with van der Waals surface area (Å²) in [7, 11) is 15.1. The number of hydrogen-bond donors (Lipinski definition) is 0. The third kappa shape index (κ3) is 4.12. The van der Waals surface area contributed by atoms with Crippen LogP contribution < -0.4 is 4.48 Å². The quantitative estimate of drug-likeness (QED) is 0.483. The number of methoxy groups -OCH3 is 1. The first-order valence-corrected chi connectivity index (χ1v) is 11.3. The Morgan fingerprint density at radius 3 is 2.25 bits per heavy atom. The third-order valence-electron chi connectivity index (χ3n) is 7.11. The highest BCUT2D eigenvalue weighted by atomic mass is 16.5. The van der Waals surface area contributed by atoms with Crippen LogP contribution in [0.4, 0.5) is 5.69 Å². The Labute approximate surface area is 192 Å². The number of nitrogens with zero attached hydrogens (tertiary/aromatic N) is 2. The van der Waals surface area contributed by atoms with Crippen LogP contribution in [0.3, 0.4) is 0 Å². The Bertz CT molecular complexity index is 932. The standard InChI is InChI=1S/C27H34N2O3/c1-6-25(30)29(4,24-15-11-8-12-16-24)27(26(31)32-5)18-20-28(3,21-22(27)2)19-17-23-13-9-7-10-14-23/h3-4,7-16,22H,6,17-21H2,1-2,5H3/q+2. The molecule has 0 aromatic heterocycles. The van der Waals surface area contributed by atoms with E-state index < -0.39 is 16.0 Å². The summed E-state index contributed by atoms with van der Waals surface area (Å²) in [6.45, 7) is 5.51. The molecule has 4 atom stereocenters. The second-order valence-corrected chi connectivity index (χ2v) is 8.96. The molecule has 1 fully saturated rings. The van der Waals surface area contributed by atoms with Gasteiger partial charge in [-0.2, -0.15) is 0 Å². The van der Waals surface area contributed by atoms with Crippen molar-refractivity contribution in [1.82, 2.24) is 4.48 Å². The molecule has 168 valence electrons. The van der Waals surface area contributed by atoms with E-state index in [-0.39, 0.29) is 18.2 Å². The van der Waals surface area contributed by atoms with Gasteiger partial charge in [0.15, 0.2) is 0 Å². The van der Waals surface area contributed by atoms with Crippen molar-refractivity contribution in [1.29, 1.82) is 0 Å². The van der Waals surface area contributed by atoms with Gasteiger partial charge in [-0.15, -0.1) is 0 Å². The van der Waals surface area contributed by atoms with Crippen LogP contribution in [0.15, 0.2) is 60.7 Å². The zero-order valence-electron chi connectivity index (χ0n) is 19.4. The average Bonchev–Trinajstić information content (AvgIpc) is 2.83. The third-order valence-corrected chi connectivity index (χ3v) is 7.11. The first-order chi connectivity index (χ1) is 15.2. The van der Waals surface area contributed by atoms with Gasteiger partial charge in [0.05, 0.1) is 45.5 Å². The smallest absolute Gasteiger partial charge is 0.369 e. The summed E-state index contributed by atoms with van der Waals surface area (Å²) in [5, 5.41) is 0. The van der Waals surface area contributed by atoms with Gasteiger partial charge in [0, 0.05) is 6.42 Å². The molecule has 1 heterocycles. The van der Waals surface area contributed by atoms with Crippen molar-refractivity contribution in [2.45, 2.75) is 38.6 Å². The summed E-state index contributed by atoms with van der Waals surface area (Å²) >= 11 is 0. The molecular formula is C27H34N2O3+2. The van der Waals surface area contributed by atoms with Crippen molar-refractivity contribution < 1.29 is 18.8 Å². The van der Waals surface area contributed by atoms with Crippen LogP contribution in [0.1, 0.15) is 32.3 Å². The molecule has 1 saturated heterocycles. The fraction of sp³-hybridized carbons (Fsp3) is 0.407. The second-order valence-electron chi connectivity index (χ2n) is 8.96. The lowest BCUT2D eigenvalue weighted by molar-refractivity contribution is -0.895. The van der Waals surface area contributed by atoms with Crippen molar-refractivity contribution in [3.8, 4) is 0 Å². The number of ether oxygens (including phenoxy) is 1. The van der Waals surface area contributed by atoms with Crippen molar-refractivity contribution in [3.63, 3.8) is 0 Å². The molecule has 0 N–H and O–H groups in total. The molecule has 2 aromatic rings. The van der Waals surface area contributed by atoms with Crippen LogP contribution >= 0.6 is 0 Å². The maximum Gasteiger partial charge on any atom is 0.369 e. The van der Waals surface area contributed by atoms with Crippen LogP contribution in [0.2, 0.25) is 0 Å². The number of para-hydroxylation sites is 1. The molecule has 1 amide bonds. The van der Waals surface area contributed by atoms with Crippen molar-refractivity contribution in [3.05, 3.63) is 80.3 Å². The molecule has 2 aromatic carbocycles. The minimum Gasteiger partial charge on any atom is -0.464 e. The van der Waals surface area contributed by atoms with Gasteiger partial charge in [0.25, 0.3) is 0 Å². The number of hydrogen-bond acceptors (Lipinski definition) is 3. The molecule has 1 aliphatic rings. The minimum absolute atomic E-state index is 0.202. The van der Waals surface area contributed by atoms with E-state index in [9.17, 15) is 9.59 Å². The maximum atomic E-state index is 13.4. The topological polar surface area (TPSA) is 43.4 Å². The predicted octanol–water partition coefficient (Wildman–Crippen LogP) is 4.28. The van der Waals surface area contributed by atoms with E-state index in [1.54, 1.807) is 19.1 Å². The van der Waals surface area contributed by atoms with Gasteiger partial charge in [0.2, 0.25) is 19.6 Å². The number of benzene rings is 2. The maximum absolute atomic E-state index is 13.4. The number of esters is 1. The van der Waals surface area contributed by atoms with E-state index >= 15 is 0 Å². The Kier molecular flexibility index (Phi) is 7.21. The van der Waals surface area contributed by atoms with Gasteiger partial charge < -0.3 is 9.22 Å². The molecule has 1 aliphatic heterocycles. The van der Waals surface area contributed by atoms with Crippen LogP contribution in [-0.4, -0.2) is 48.6 Å². The van der Waals surface area contributed by atoms with Gasteiger partial charge in [-0.05, 0) is 17.7 Å². The van der Waals surface area contributed by atoms with E-state index in [1.807, 2.05) is 43.3 Å². The fourth-order valence-electron chi connectivity index (χ4n) is 5.28. The average molecular weight is 435 g/mol. The zero-order chi connectivity index (χ0) is 23.4. The molecule has 0 spiro atoms. The Balaban J connectivity index is 1.99. The largest absolute Gasteiger partial charge is 0.464 e. The van der Waals surface area contributed by atoms with E-state index in [0.717, 1.165) is 13.0 Å². The highest BCUT2D eigenvalue weighted by Crippen LogP contribution is 2.45. The Hall–Kier alpha value is -2.50. The summed E-state index contributed by atoms with van der Waals surface area (Å²) in [5.41, 5.74) is 0.553. The number of carbonyl (C=O) groups excluding carboxylic acids is 2. The molecule has 5 nitrogen and oxygen atoms in total. The van der Waals surface area contributed by atoms with Crippen molar-refractivity contribution >= 4 is 17.6 Å². The van der Waals surface area contributed by atoms with Gasteiger partial charge in [-0.1, -0.05) is 62.4 Å². The molecular weight excluding hydrogens is 400 g/mol. The lowest BCUT2D eigenvalue weighted by atomic mass is 9.73. The number of likely N-dealkylation sites (tertiary alicyclic amines) is 1. The first-order valence-electron chi connectivity index (χ1n) is 11.3. The van der Waals surface area contributed by atoms with Crippen LogP contribution in [0, 0.1) is 20.0 Å². The summed E-state index contributed by atoms with van der Waals surface area (Å²) in [6.07, 6.45) is 1.39. The number of carbonyl (C=O) groups is 2. The lowest BCUT2D eigenvalue weighted by Gasteiger charge is -2.53. The SMILES string of the molecule is [CH][N+]1(CCc2ccccc2)CCC(C(=O)OC)([N+]([CH])(C(=O)CC)c2ccccc2)C(C)C1. The fourth-order valence-corrected chi connectivity index (χ4v) is 5.28. The van der Waals surface area contributed by atoms with E-state index in [1.165, 1.54) is 12.7 Å². The molecule has 32 heavy (non-hydrogen) atoms. The highest BCUT2D eigenvalue weighted by Gasteiger charge is 2.67. The molecule has 5 heteroatoms. The van der Waals surface area contributed by atoms with Gasteiger partial charge in [-0.3, -0.25) is 0 Å². The summed E-state index contributed by atoms with van der Waals surface area (Å²) in [5.74, 6) is -0.979. The molecule has 3 rings (SSSR count). The van der Waals surface area contributed by atoms with Crippen LogP contribution in [0.25, 0.3) is 0 Å². The Morgan fingerprint density at radius 2 is 1.72 bits per heavy atom. The molecule has 0 bridgehead atoms. The predicted molar refractivity (Wildman–Crippen MR) is 126 cm³/mol. The molecule has 4 unspecified atom stereocenters. The summed E-state index contributed by atoms with van der Waals surface area (Å²) < 4.78 is 5.01. The van der Waals surface area contributed by atoms with E-state index in [4.69, 9.17) is 18.8 Å². The first kappa shape index (κ1) is 24.1. The van der Waals surface area contributed by atoms with Crippen LogP contribution in [0.5, 0.6) is 0 Å². The molecule has 0 aliphatic carbocycles. The normalized spacial score (nSPS) is 27.3. The number of rotatable bonds is 7. The van der Waals surface area contributed by atoms with Gasteiger partial charge in [-0.25, -0.2) is 14.1 Å².